The SMILES string of the molecule is CC[C@@H](N)c1ccccc1N(C)C(C)(C)CC. The fourth-order valence-corrected chi connectivity index (χ4v) is 1.89. The van der Waals surface area contributed by atoms with Crippen molar-refractivity contribution in [1.82, 2.24) is 0 Å². The van der Waals surface area contributed by atoms with E-state index in [1.807, 2.05) is 0 Å². The van der Waals surface area contributed by atoms with E-state index >= 15 is 0 Å². The van der Waals surface area contributed by atoms with Crippen molar-refractivity contribution in [1.29, 1.82) is 0 Å². The van der Waals surface area contributed by atoms with E-state index in [1.54, 1.807) is 0 Å². The van der Waals surface area contributed by atoms with Crippen molar-refractivity contribution in [2.75, 3.05) is 11.9 Å². The summed E-state index contributed by atoms with van der Waals surface area (Å²) in [6.45, 7) is 8.88. The number of para-hydroxylation sites is 1. The Hall–Kier alpha value is -1.02. The van der Waals surface area contributed by atoms with Crippen LogP contribution in [-0.2, 0) is 0 Å². The van der Waals surface area contributed by atoms with Crippen LogP contribution in [0.1, 0.15) is 52.1 Å². The Morgan fingerprint density at radius 1 is 1.24 bits per heavy atom. The van der Waals surface area contributed by atoms with Crippen LogP contribution in [0.2, 0.25) is 0 Å². The first-order valence-electron chi connectivity index (χ1n) is 6.52. The molecule has 0 aliphatic carbocycles. The molecule has 0 saturated carbocycles. The fraction of sp³-hybridized carbons (Fsp3) is 0.600. The standard InChI is InChI=1S/C15H26N2/c1-6-13(16)12-10-8-9-11-14(12)17(5)15(3,4)7-2/h8-11,13H,6-7,16H2,1-5H3/t13-/m1/s1. The van der Waals surface area contributed by atoms with Crippen LogP contribution in [0.15, 0.2) is 24.3 Å². The molecule has 1 aromatic rings. The van der Waals surface area contributed by atoms with Crippen molar-refractivity contribution < 1.29 is 0 Å². The monoisotopic (exact) mass is 234 g/mol. The normalized spacial score (nSPS) is 13.5. The molecule has 0 heterocycles. The second kappa shape index (κ2) is 5.54. The fourth-order valence-electron chi connectivity index (χ4n) is 1.89. The molecule has 0 bridgehead atoms. The van der Waals surface area contributed by atoms with Gasteiger partial charge < -0.3 is 10.6 Å². The van der Waals surface area contributed by atoms with Gasteiger partial charge in [0.1, 0.15) is 0 Å². The van der Waals surface area contributed by atoms with E-state index in [0.29, 0.717) is 0 Å². The lowest BCUT2D eigenvalue weighted by Gasteiger charge is -2.38. The third kappa shape index (κ3) is 3.01. The van der Waals surface area contributed by atoms with Crippen LogP contribution in [0, 0.1) is 0 Å². The van der Waals surface area contributed by atoms with Crippen LogP contribution in [0.5, 0.6) is 0 Å². The number of hydrogen-bond donors (Lipinski definition) is 1. The van der Waals surface area contributed by atoms with E-state index in [4.69, 9.17) is 5.73 Å². The zero-order chi connectivity index (χ0) is 13.1. The van der Waals surface area contributed by atoms with Gasteiger partial charge in [0.15, 0.2) is 0 Å². The summed E-state index contributed by atoms with van der Waals surface area (Å²) >= 11 is 0. The maximum atomic E-state index is 6.19. The molecule has 0 aliphatic heterocycles. The third-order valence-corrected chi connectivity index (χ3v) is 3.91. The number of nitrogens with two attached hydrogens (primary N) is 1. The van der Waals surface area contributed by atoms with Crippen molar-refractivity contribution in [2.24, 2.45) is 5.73 Å². The topological polar surface area (TPSA) is 29.3 Å². The minimum absolute atomic E-state index is 0.126. The van der Waals surface area contributed by atoms with Gasteiger partial charge in [0.2, 0.25) is 0 Å². The Morgan fingerprint density at radius 3 is 2.35 bits per heavy atom. The van der Waals surface area contributed by atoms with Gasteiger partial charge in [-0.2, -0.15) is 0 Å². The molecule has 2 heteroatoms. The summed E-state index contributed by atoms with van der Waals surface area (Å²) in [5, 5.41) is 0. The van der Waals surface area contributed by atoms with Gasteiger partial charge >= 0.3 is 0 Å². The highest BCUT2D eigenvalue weighted by atomic mass is 15.2. The lowest BCUT2D eigenvalue weighted by atomic mass is 9.96. The van der Waals surface area contributed by atoms with E-state index < -0.39 is 0 Å². The summed E-state index contributed by atoms with van der Waals surface area (Å²) in [4.78, 5) is 2.35. The first-order valence-corrected chi connectivity index (χ1v) is 6.52. The summed E-state index contributed by atoms with van der Waals surface area (Å²) in [6.07, 6.45) is 2.08. The predicted molar refractivity (Wildman–Crippen MR) is 76.4 cm³/mol. The minimum atomic E-state index is 0.126. The Balaban J connectivity index is 3.13. The van der Waals surface area contributed by atoms with Gasteiger partial charge in [-0.05, 0) is 38.3 Å². The Bertz CT molecular complexity index is 358. The highest BCUT2D eigenvalue weighted by Gasteiger charge is 2.24. The van der Waals surface area contributed by atoms with Crippen LogP contribution in [-0.4, -0.2) is 12.6 Å². The van der Waals surface area contributed by atoms with Crippen LogP contribution >= 0.6 is 0 Å². The molecule has 0 aromatic heterocycles. The first-order chi connectivity index (χ1) is 7.94. The maximum absolute atomic E-state index is 6.19. The molecule has 0 unspecified atom stereocenters. The summed E-state index contributed by atoms with van der Waals surface area (Å²) in [6, 6.07) is 8.60. The molecule has 2 N–H and O–H groups in total. The van der Waals surface area contributed by atoms with Crippen molar-refractivity contribution in [3.05, 3.63) is 29.8 Å². The van der Waals surface area contributed by atoms with E-state index in [0.717, 1.165) is 12.8 Å². The zero-order valence-corrected chi connectivity index (χ0v) is 11.8. The van der Waals surface area contributed by atoms with Gasteiger partial charge in [0.05, 0.1) is 0 Å². The van der Waals surface area contributed by atoms with E-state index in [-0.39, 0.29) is 11.6 Å². The van der Waals surface area contributed by atoms with Gasteiger partial charge in [0, 0.05) is 24.3 Å². The largest absolute Gasteiger partial charge is 0.369 e. The molecule has 0 saturated heterocycles. The molecule has 0 amide bonds. The molecule has 0 spiro atoms. The van der Waals surface area contributed by atoms with E-state index in [1.165, 1.54) is 11.3 Å². The van der Waals surface area contributed by atoms with Gasteiger partial charge in [0.25, 0.3) is 0 Å². The van der Waals surface area contributed by atoms with Gasteiger partial charge in [-0.1, -0.05) is 32.0 Å². The van der Waals surface area contributed by atoms with Crippen molar-refractivity contribution in [3.8, 4) is 0 Å². The van der Waals surface area contributed by atoms with E-state index in [9.17, 15) is 0 Å². The summed E-state index contributed by atoms with van der Waals surface area (Å²) < 4.78 is 0. The lowest BCUT2D eigenvalue weighted by Crippen LogP contribution is -2.41. The average molecular weight is 234 g/mol. The van der Waals surface area contributed by atoms with Gasteiger partial charge in [-0.15, -0.1) is 0 Å². The second-order valence-corrected chi connectivity index (χ2v) is 5.30. The van der Waals surface area contributed by atoms with Crippen LogP contribution in [0.25, 0.3) is 0 Å². The molecule has 0 fully saturated rings. The molecule has 0 radical (unpaired) electrons. The van der Waals surface area contributed by atoms with E-state index in [2.05, 4.69) is 63.9 Å². The number of rotatable bonds is 5. The van der Waals surface area contributed by atoms with Crippen molar-refractivity contribution in [3.63, 3.8) is 0 Å². The van der Waals surface area contributed by atoms with Crippen LogP contribution in [0.3, 0.4) is 0 Å². The minimum Gasteiger partial charge on any atom is -0.369 e. The molecule has 17 heavy (non-hydrogen) atoms. The summed E-state index contributed by atoms with van der Waals surface area (Å²) in [5.74, 6) is 0. The van der Waals surface area contributed by atoms with Gasteiger partial charge in [-0.3, -0.25) is 0 Å². The van der Waals surface area contributed by atoms with Crippen molar-refractivity contribution in [2.45, 2.75) is 52.1 Å². The van der Waals surface area contributed by atoms with Crippen molar-refractivity contribution >= 4 is 5.69 Å². The molecule has 0 aliphatic rings. The number of nitrogens with zero attached hydrogens (tertiary/aromatic N) is 1. The van der Waals surface area contributed by atoms with Gasteiger partial charge in [-0.25, -0.2) is 0 Å². The van der Waals surface area contributed by atoms with Crippen LogP contribution in [0.4, 0.5) is 5.69 Å². The molecular weight excluding hydrogens is 208 g/mol. The Morgan fingerprint density at radius 2 is 1.82 bits per heavy atom. The first kappa shape index (κ1) is 14.0. The highest BCUT2D eigenvalue weighted by molar-refractivity contribution is 5.56. The molecular formula is C15H26N2. The second-order valence-electron chi connectivity index (χ2n) is 5.30. The third-order valence-electron chi connectivity index (χ3n) is 3.91. The average Bonchev–Trinajstić information content (AvgIpc) is 2.36. The summed E-state index contributed by atoms with van der Waals surface area (Å²) in [5.41, 5.74) is 8.85. The molecule has 1 rings (SSSR count). The quantitative estimate of drug-likeness (QED) is 0.841. The number of benzene rings is 1. The highest BCUT2D eigenvalue weighted by Crippen LogP contribution is 2.31. The van der Waals surface area contributed by atoms with Crippen LogP contribution < -0.4 is 10.6 Å². The predicted octanol–water partition coefficient (Wildman–Crippen LogP) is 3.72. The zero-order valence-electron chi connectivity index (χ0n) is 11.8. The molecule has 1 aromatic carbocycles. The lowest BCUT2D eigenvalue weighted by molar-refractivity contribution is 0.468. The Kier molecular flexibility index (Phi) is 4.58. The maximum Gasteiger partial charge on any atom is 0.0416 e. The number of anilines is 1. The molecule has 2 nitrogen and oxygen atoms in total. The smallest absolute Gasteiger partial charge is 0.0416 e. The Labute approximate surface area is 106 Å². The molecule has 96 valence electrons. The number of hydrogen-bond acceptors (Lipinski definition) is 2. The summed E-state index contributed by atoms with van der Waals surface area (Å²) in [7, 11) is 2.16. The molecule has 1 atom stereocenters.